The van der Waals surface area contributed by atoms with Gasteiger partial charge in [0.25, 0.3) is 5.56 Å². The molecule has 1 N–H and O–H groups in total. The molecule has 2 heterocycles. The van der Waals surface area contributed by atoms with Gasteiger partial charge in [-0.05, 0) is 5.21 Å². The van der Waals surface area contributed by atoms with Crippen molar-refractivity contribution in [1.29, 1.82) is 0 Å². The van der Waals surface area contributed by atoms with E-state index in [4.69, 9.17) is 11.6 Å². The second-order valence-electron chi connectivity index (χ2n) is 3.06. The average molecular weight is 243 g/mol. The lowest BCUT2D eigenvalue weighted by Crippen LogP contribution is -2.30. The summed E-state index contributed by atoms with van der Waals surface area (Å²) < 4.78 is 1.20. The molecule has 2 aromatic rings. The summed E-state index contributed by atoms with van der Waals surface area (Å²) >= 11 is 5.59. The van der Waals surface area contributed by atoms with Gasteiger partial charge in [-0.25, -0.2) is 4.79 Å². The third-order valence-electron chi connectivity index (χ3n) is 1.83. The Hall–Kier alpha value is -1.96. The van der Waals surface area contributed by atoms with Crippen molar-refractivity contribution in [1.82, 2.24) is 29.8 Å². The van der Waals surface area contributed by atoms with Crippen LogP contribution in [0.1, 0.15) is 5.82 Å². The maximum absolute atomic E-state index is 11.4. The predicted molar refractivity (Wildman–Crippen MR) is 54.2 cm³/mol. The van der Waals surface area contributed by atoms with Gasteiger partial charge in [0.2, 0.25) is 0 Å². The lowest BCUT2D eigenvalue weighted by Gasteiger charge is -2.00. The Labute approximate surface area is 93.5 Å². The van der Waals surface area contributed by atoms with Crippen LogP contribution in [0.3, 0.4) is 0 Å². The van der Waals surface area contributed by atoms with E-state index >= 15 is 0 Å². The number of hydrogen-bond donors (Lipinski definition) is 1. The van der Waals surface area contributed by atoms with Gasteiger partial charge in [0.15, 0.2) is 5.82 Å². The van der Waals surface area contributed by atoms with Crippen LogP contribution >= 0.6 is 11.6 Å². The Kier molecular flexibility index (Phi) is 2.57. The Morgan fingerprint density at radius 2 is 2.25 bits per heavy atom. The minimum absolute atomic E-state index is 0.0662. The molecule has 0 aliphatic heterocycles. The SMILES string of the molecule is Cn1nnc(Cn2cc(Cl)c(=O)[nH]c2=O)n1. The van der Waals surface area contributed by atoms with E-state index in [9.17, 15) is 9.59 Å². The molecular weight excluding hydrogens is 236 g/mol. The first-order valence-corrected chi connectivity index (χ1v) is 4.66. The van der Waals surface area contributed by atoms with Crippen LogP contribution in [0, 0.1) is 0 Å². The van der Waals surface area contributed by atoms with Crippen molar-refractivity contribution in [2.45, 2.75) is 6.54 Å². The number of aromatic amines is 1. The third kappa shape index (κ3) is 2.01. The highest BCUT2D eigenvalue weighted by atomic mass is 35.5. The zero-order valence-corrected chi connectivity index (χ0v) is 8.97. The number of halogens is 1. The second kappa shape index (κ2) is 3.89. The highest BCUT2D eigenvalue weighted by molar-refractivity contribution is 6.30. The fraction of sp³-hybridized carbons (Fsp3) is 0.286. The molecule has 0 aliphatic carbocycles. The largest absolute Gasteiger partial charge is 0.328 e. The number of aromatic nitrogens is 6. The summed E-state index contributed by atoms with van der Waals surface area (Å²) in [6.45, 7) is 0.100. The van der Waals surface area contributed by atoms with E-state index in [2.05, 4.69) is 20.4 Å². The summed E-state index contributed by atoms with van der Waals surface area (Å²) in [5, 5.41) is 11.2. The molecule has 8 nitrogen and oxygen atoms in total. The number of nitrogens with one attached hydrogen (secondary N) is 1. The quantitative estimate of drug-likeness (QED) is 0.710. The van der Waals surface area contributed by atoms with Gasteiger partial charge in [-0.15, -0.1) is 10.2 Å². The van der Waals surface area contributed by atoms with Crippen LogP contribution in [0.5, 0.6) is 0 Å². The van der Waals surface area contributed by atoms with Crippen LogP contribution in [0.2, 0.25) is 5.02 Å². The molecule has 0 saturated heterocycles. The van der Waals surface area contributed by atoms with Crippen molar-refractivity contribution in [2.75, 3.05) is 0 Å². The minimum Gasteiger partial charge on any atom is -0.291 e. The number of H-pyrrole nitrogens is 1. The van der Waals surface area contributed by atoms with Crippen molar-refractivity contribution in [3.05, 3.63) is 37.9 Å². The van der Waals surface area contributed by atoms with Gasteiger partial charge in [0, 0.05) is 6.20 Å². The standard InChI is InChI=1S/C7H7ClN6O2/c1-13-11-5(10-12-13)3-14-2-4(8)6(15)9-7(14)16/h2H,3H2,1H3,(H,9,15,16). The van der Waals surface area contributed by atoms with E-state index in [1.807, 2.05) is 0 Å². The Bertz CT molecular complexity index is 626. The highest BCUT2D eigenvalue weighted by Crippen LogP contribution is 1.97. The predicted octanol–water partition coefficient (Wildman–Crippen LogP) is -1.24. The van der Waals surface area contributed by atoms with Gasteiger partial charge in [-0.1, -0.05) is 11.6 Å². The van der Waals surface area contributed by atoms with Gasteiger partial charge < -0.3 is 0 Å². The molecule has 9 heteroatoms. The summed E-state index contributed by atoms with van der Waals surface area (Å²) in [6.07, 6.45) is 1.24. The maximum atomic E-state index is 11.4. The topological polar surface area (TPSA) is 98.5 Å². The minimum atomic E-state index is -0.616. The first-order chi connectivity index (χ1) is 7.56. The first-order valence-electron chi connectivity index (χ1n) is 4.28. The zero-order valence-electron chi connectivity index (χ0n) is 8.21. The molecule has 0 spiro atoms. The zero-order chi connectivity index (χ0) is 11.7. The summed E-state index contributed by atoms with van der Waals surface area (Å²) in [6, 6.07) is 0. The van der Waals surface area contributed by atoms with Crippen LogP contribution < -0.4 is 11.2 Å². The van der Waals surface area contributed by atoms with Crippen molar-refractivity contribution in [3.8, 4) is 0 Å². The molecule has 0 bridgehead atoms. The van der Waals surface area contributed by atoms with Crippen LogP contribution in [-0.2, 0) is 13.6 Å². The van der Waals surface area contributed by atoms with Gasteiger partial charge >= 0.3 is 5.69 Å². The second-order valence-corrected chi connectivity index (χ2v) is 3.47. The fourth-order valence-electron chi connectivity index (χ4n) is 1.14. The smallest absolute Gasteiger partial charge is 0.291 e. The molecule has 84 valence electrons. The van der Waals surface area contributed by atoms with Crippen molar-refractivity contribution >= 4 is 11.6 Å². The summed E-state index contributed by atoms with van der Waals surface area (Å²) in [5.41, 5.74) is -1.18. The molecule has 0 amide bonds. The van der Waals surface area contributed by atoms with E-state index in [-0.39, 0.29) is 11.6 Å². The molecular formula is C7H7ClN6O2. The molecule has 0 unspecified atom stereocenters. The number of hydrogen-bond acceptors (Lipinski definition) is 5. The monoisotopic (exact) mass is 242 g/mol. The van der Waals surface area contributed by atoms with Crippen molar-refractivity contribution in [2.24, 2.45) is 7.05 Å². The van der Waals surface area contributed by atoms with Crippen LogP contribution in [0.25, 0.3) is 0 Å². The molecule has 0 aromatic carbocycles. The third-order valence-corrected chi connectivity index (χ3v) is 2.10. The van der Waals surface area contributed by atoms with Crippen LogP contribution in [0.15, 0.2) is 15.8 Å². The molecule has 0 saturated carbocycles. The van der Waals surface area contributed by atoms with E-state index in [0.717, 1.165) is 0 Å². The van der Waals surface area contributed by atoms with Gasteiger partial charge in [-0.2, -0.15) is 4.80 Å². The van der Waals surface area contributed by atoms with E-state index in [0.29, 0.717) is 5.82 Å². The Morgan fingerprint density at radius 3 is 2.88 bits per heavy atom. The van der Waals surface area contributed by atoms with E-state index in [1.165, 1.54) is 15.6 Å². The molecule has 2 rings (SSSR count). The lowest BCUT2D eigenvalue weighted by molar-refractivity contribution is 0.622. The lowest BCUT2D eigenvalue weighted by atomic mass is 10.5. The highest BCUT2D eigenvalue weighted by Gasteiger charge is 2.06. The molecule has 0 aliphatic rings. The van der Waals surface area contributed by atoms with Gasteiger partial charge in [-0.3, -0.25) is 14.3 Å². The maximum Gasteiger partial charge on any atom is 0.328 e. The normalized spacial score (nSPS) is 10.6. The summed E-state index contributed by atoms with van der Waals surface area (Å²) in [4.78, 5) is 25.7. The summed E-state index contributed by atoms with van der Waals surface area (Å²) in [5.74, 6) is 0.354. The number of rotatable bonds is 2. The fourth-order valence-corrected chi connectivity index (χ4v) is 1.30. The van der Waals surface area contributed by atoms with Crippen molar-refractivity contribution in [3.63, 3.8) is 0 Å². The number of nitrogens with zero attached hydrogens (tertiary/aromatic N) is 5. The van der Waals surface area contributed by atoms with Crippen LogP contribution in [0.4, 0.5) is 0 Å². The van der Waals surface area contributed by atoms with Crippen molar-refractivity contribution < 1.29 is 0 Å². The molecule has 2 aromatic heterocycles. The number of tetrazole rings is 1. The average Bonchev–Trinajstić information content (AvgIpc) is 2.60. The van der Waals surface area contributed by atoms with Crippen LogP contribution in [-0.4, -0.2) is 29.8 Å². The summed E-state index contributed by atoms with van der Waals surface area (Å²) in [7, 11) is 1.61. The molecule has 0 fully saturated rings. The van der Waals surface area contributed by atoms with E-state index < -0.39 is 11.2 Å². The Balaban J connectivity index is 2.39. The Morgan fingerprint density at radius 1 is 1.50 bits per heavy atom. The molecule has 16 heavy (non-hydrogen) atoms. The number of aryl methyl sites for hydroxylation is 1. The molecule has 0 radical (unpaired) electrons. The van der Waals surface area contributed by atoms with E-state index in [1.54, 1.807) is 7.05 Å². The van der Waals surface area contributed by atoms with Gasteiger partial charge in [0.05, 0.1) is 13.6 Å². The molecule has 0 atom stereocenters. The van der Waals surface area contributed by atoms with Gasteiger partial charge in [0.1, 0.15) is 5.02 Å². The first kappa shape index (κ1) is 10.6.